The molecule has 1 aliphatic carbocycles. The van der Waals surface area contributed by atoms with Gasteiger partial charge in [-0.15, -0.1) is 0 Å². The standard InChI is InChI=1S/C19H22N4O3/c1-10-7-14-17(15(24)8-10)18(23-19(21-14)20-11(2)22-23)13-9-12(25-3)5-6-16(13)26-4/h5-6,9-10,18H,7-8H2,1-4H3,(H,20,21,22)/t10-,18+/m0/s1. The summed E-state index contributed by atoms with van der Waals surface area (Å²) >= 11 is 0. The first kappa shape index (κ1) is 16.6. The fourth-order valence-corrected chi connectivity index (χ4v) is 3.85. The van der Waals surface area contributed by atoms with E-state index in [-0.39, 0.29) is 11.8 Å². The summed E-state index contributed by atoms with van der Waals surface area (Å²) in [5.41, 5.74) is 2.52. The lowest BCUT2D eigenvalue weighted by Gasteiger charge is -2.34. The summed E-state index contributed by atoms with van der Waals surface area (Å²) in [4.78, 5) is 17.5. The second kappa shape index (κ2) is 6.16. The summed E-state index contributed by atoms with van der Waals surface area (Å²) in [6, 6.07) is 5.23. The third-order valence-electron chi connectivity index (χ3n) is 4.96. The minimum atomic E-state index is -0.382. The number of methoxy groups -OCH3 is 2. The smallest absolute Gasteiger partial charge is 0.226 e. The van der Waals surface area contributed by atoms with Crippen molar-refractivity contribution in [2.45, 2.75) is 32.7 Å². The SMILES string of the molecule is COc1ccc(OC)c([C@@H]2C3=C(C[C@H](C)CC3=O)Nc3nc(C)nn32)c1. The Bertz CT molecular complexity index is 916. The van der Waals surface area contributed by atoms with Gasteiger partial charge in [-0.1, -0.05) is 6.92 Å². The van der Waals surface area contributed by atoms with E-state index in [0.29, 0.717) is 35.6 Å². The number of aromatic nitrogens is 3. The number of hydrogen-bond donors (Lipinski definition) is 1. The Morgan fingerprint density at radius 3 is 2.77 bits per heavy atom. The maximum absolute atomic E-state index is 13.0. The van der Waals surface area contributed by atoms with E-state index in [1.165, 1.54) is 0 Å². The molecule has 2 aliphatic rings. The van der Waals surface area contributed by atoms with Gasteiger partial charge in [0.15, 0.2) is 5.78 Å². The van der Waals surface area contributed by atoms with Gasteiger partial charge in [0.1, 0.15) is 23.4 Å². The lowest BCUT2D eigenvalue weighted by molar-refractivity contribution is -0.117. The lowest BCUT2D eigenvalue weighted by atomic mass is 9.81. The van der Waals surface area contributed by atoms with Crippen LogP contribution in [-0.2, 0) is 4.79 Å². The predicted octanol–water partition coefficient (Wildman–Crippen LogP) is 2.87. The molecular weight excluding hydrogens is 332 g/mol. The van der Waals surface area contributed by atoms with Crippen LogP contribution in [0.1, 0.15) is 37.2 Å². The number of fused-ring (bicyclic) bond motifs is 1. The summed E-state index contributed by atoms with van der Waals surface area (Å²) in [6.07, 6.45) is 1.35. The van der Waals surface area contributed by atoms with Gasteiger partial charge in [-0.2, -0.15) is 10.1 Å². The van der Waals surface area contributed by atoms with Crippen molar-refractivity contribution < 1.29 is 14.3 Å². The van der Waals surface area contributed by atoms with Gasteiger partial charge in [0.2, 0.25) is 5.95 Å². The van der Waals surface area contributed by atoms with E-state index < -0.39 is 0 Å². The lowest BCUT2D eigenvalue weighted by Crippen LogP contribution is -2.33. The number of ether oxygens (including phenoxy) is 2. The highest BCUT2D eigenvalue weighted by Crippen LogP contribution is 2.44. The molecule has 0 amide bonds. The van der Waals surface area contributed by atoms with Crippen LogP contribution < -0.4 is 14.8 Å². The van der Waals surface area contributed by atoms with Crippen molar-refractivity contribution in [1.29, 1.82) is 0 Å². The monoisotopic (exact) mass is 354 g/mol. The van der Waals surface area contributed by atoms with E-state index in [1.54, 1.807) is 18.9 Å². The van der Waals surface area contributed by atoms with Crippen LogP contribution >= 0.6 is 0 Å². The Labute approximate surface area is 152 Å². The number of allylic oxidation sites excluding steroid dienone is 2. The van der Waals surface area contributed by atoms with E-state index in [9.17, 15) is 4.79 Å². The number of benzene rings is 1. The van der Waals surface area contributed by atoms with Crippen molar-refractivity contribution in [3.63, 3.8) is 0 Å². The number of anilines is 1. The molecule has 1 aromatic heterocycles. The van der Waals surface area contributed by atoms with Crippen molar-refractivity contribution in [2.75, 3.05) is 19.5 Å². The van der Waals surface area contributed by atoms with Crippen LogP contribution in [0.5, 0.6) is 11.5 Å². The molecule has 1 aromatic carbocycles. The minimum absolute atomic E-state index is 0.139. The summed E-state index contributed by atoms with van der Waals surface area (Å²) in [6.45, 7) is 3.94. The number of nitrogens with zero attached hydrogens (tertiary/aromatic N) is 3. The number of hydrogen-bond acceptors (Lipinski definition) is 6. The molecule has 0 fully saturated rings. The Kier molecular flexibility index (Phi) is 3.94. The van der Waals surface area contributed by atoms with E-state index in [0.717, 1.165) is 23.3 Å². The number of rotatable bonds is 3. The average molecular weight is 354 g/mol. The first-order valence-electron chi connectivity index (χ1n) is 8.70. The van der Waals surface area contributed by atoms with Crippen molar-refractivity contribution in [3.05, 3.63) is 40.9 Å². The van der Waals surface area contributed by atoms with Crippen molar-refractivity contribution in [1.82, 2.24) is 14.8 Å². The quantitative estimate of drug-likeness (QED) is 0.913. The van der Waals surface area contributed by atoms with E-state index in [2.05, 4.69) is 22.3 Å². The van der Waals surface area contributed by atoms with Gasteiger partial charge in [0, 0.05) is 23.3 Å². The molecule has 4 rings (SSSR count). The van der Waals surface area contributed by atoms with Gasteiger partial charge < -0.3 is 14.8 Å². The Morgan fingerprint density at radius 1 is 1.23 bits per heavy atom. The van der Waals surface area contributed by atoms with E-state index >= 15 is 0 Å². The van der Waals surface area contributed by atoms with Gasteiger partial charge in [-0.3, -0.25) is 4.79 Å². The molecule has 0 unspecified atom stereocenters. The second-order valence-electron chi connectivity index (χ2n) is 6.89. The Morgan fingerprint density at radius 2 is 2.04 bits per heavy atom. The molecule has 7 nitrogen and oxygen atoms in total. The maximum atomic E-state index is 13.0. The molecule has 2 heterocycles. The van der Waals surface area contributed by atoms with Crippen LogP contribution in [0.3, 0.4) is 0 Å². The molecule has 1 aliphatic heterocycles. The topological polar surface area (TPSA) is 78.3 Å². The van der Waals surface area contributed by atoms with Crippen LogP contribution in [0.15, 0.2) is 29.5 Å². The first-order chi connectivity index (χ1) is 12.5. The average Bonchev–Trinajstić information content (AvgIpc) is 2.98. The Hall–Kier alpha value is -2.83. The molecule has 0 saturated carbocycles. The highest BCUT2D eigenvalue weighted by Gasteiger charge is 2.39. The molecule has 0 radical (unpaired) electrons. The van der Waals surface area contributed by atoms with E-state index in [1.807, 2.05) is 25.1 Å². The number of nitrogens with one attached hydrogen (secondary N) is 1. The molecule has 136 valence electrons. The fourth-order valence-electron chi connectivity index (χ4n) is 3.85. The molecule has 0 saturated heterocycles. The summed E-state index contributed by atoms with van der Waals surface area (Å²) < 4.78 is 12.8. The normalized spacial score (nSPS) is 21.8. The third-order valence-corrected chi connectivity index (χ3v) is 4.96. The third kappa shape index (κ3) is 2.55. The molecule has 1 N–H and O–H groups in total. The molecule has 7 heteroatoms. The maximum Gasteiger partial charge on any atom is 0.226 e. The molecule has 0 bridgehead atoms. The number of aryl methyl sites for hydroxylation is 1. The summed E-state index contributed by atoms with van der Waals surface area (Å²) in [5.74, 6) is 3.14. The van der Waals surface area contributed by atoms with Crippen LogP contribution in [0.4, 0.5) is 5.95 Å². The molecule has 26 heavy (non-hydrogen) atoms. The number of carbonyl (C=O) groups excluding carboxylic acids is 1. The van der Waals surface area contributed by atoms with E-state index in [4.69, 9.17) is 9.47 Å². The largest absolute Gasteiger partial charge is 0.497 e. The van der Waals surface area contributed by atoms with Crippen molar-refractivity contribution in [2.24, 2.45) is 5.92 Å². The van der Waals surface area contributed by atoms with Gasteiger partial charge >= 0.3 is 0 Å². The van der Waals surface area contributed by atoms with Crippen LogP contribution in [0, 0.1) is 12.8 Å². The highest BCUT2D eigenvalue weighted by molar-refractivity contribution is 5.99. The number of Topliss-reactive ketones (excluding diaryl/α,β-unsaturated/α-hetero) is 1. The minimum Gasteiger partial charge on any atom is -0.497 e. The van der Waals surface area contributed by atoms with Crippen LogP contribution in [0.2, 0.25) is 0 Å². The van der Waals surface area contributed by atoms with Crippen LogP contribution in [0.25, 0.3) is 0 Å². The van der Waals surface area contributed by atoms with Crippen LogP contribution in [-0.4, -0.2) is 34.8 Å². The second-order valence-corrected chi connectivity index (χ2v) is 6.89. The van der Waals surface area contributed by atoms with Crippen molar-refractivity contribution in [3.8, 4) is 11.5 Å². The first-order valence-corrected chi connectivity index (χ1v) is 8.70. The zero-order valence-corrected chi connectivity index (χ0v) is 15.4. The molecule has 0 spiro atoms. The number of ketones is 1. The predicted molar refractivity (Wildman–Crippen MR) is 96.5 cm³/mol. The Balaban J connectivity index is 1.96. The molecular formula is C19H22N4O3. The summed E-state index contributed by atoms with van der Waals surface area (Å²) in [5, 5.41) is 7.87. The fraction of sp³-hybridized carbons (Fsp3) is 0.421. The zero-order chi connectivity index (χ0) is 18.4. The zero-order valence-electron chi connectivity index (χ0n) is 15.4. The van der Waals surface area contributed by atoms with Crippen molar-refractivity contribution >= 4 is 11.7 Å². The van der Waals surface area contributed by atoms with Gasteiger partial charge in [-0.05, 0) is 37.5 Å². The van der Waals surface area contributed by atoms with Gasteiger partial charge in [0.25, 0.3) is 0 Å². The van der Waals surface area contributed by atoms with Gasteiger partial charge in [-0.25, -0.2) is 4.68 Å². The van der Waals surface area contributed by atoms with Gasteiger partial charge in [0.05, 0.1) is 14.2 Å². The molecule has 2 aromatic rings. The highest BCUT2D eigenvalue weighted by atomic mass is 16.5. The number of carbonyl (C=O) groups is 1. The molecule has 2 atom stereocenters. The summed E-state index contributed by atoms with van der Waals surface area (Å²) in [7, 11) is 3.25.